The Bertz CT molecular complexity index is 380. The van der Waals surface area contributed by atoms with Crippen molar-refractivity contribution in [2.45, 2.75) is 19.9 Å². The molecule has 0 radical (unpaired) electrons. The first-order chi connectivity index (χ1) is 8.08. The fraction of sp³-hybridized carbons (Fsp3) is 0.500. The average Bonchev–Trinajstić information content (AvgIpc) is 2.35. The second-order valence-electron chi connectivity index (χ2n) is 3.95. The molecule has 1 unspecified atom stereocenters. The summed E-state index contributed by atoms with van der Waals surface area (Å²) in [6, 6.07) is 4.91. The second-order valence-corrected chi connectivity index (χ2v) is 3.95. The van der Waals surface area contributed by atoms with Gasteiger partial charge in [-0.2, -0.15) is 4.98 Å². The molecule has 1 aromatic heterocycles. The summed E-state index contributed by atoms with van der Waals surface area (Å²) in [4.78, 5) is 15.8. The number of pyridine rings is 1. The Morgan fingerprint density at radius 3 is 2.59 bits per heavy atom. The molecule has 0 spiro atoms. The van der Waals surface area contributed by atoms with Crippen molar-refractivity contribution in [1.82, 2.24) is 4.98 Å². The lowest BCUT2D eigenvalue weighted by Gasteiger charge is -2.20. The molecule has 0 aliphatic heterocycles. The highest BCUT2D eigenvalue weighted by Crippen LogP contribution is 2.15. The Labute approximate surface area is 101 Å². The molecule has 5 heteroatoms. The molecule has 1 heterocycles. The summed E-state index contributed by atoms with van der Waals surface area (Å²) in [6.45, 7) is 3.88. The van der Waals surface area contributed by atoms with Crippen LogP contribution in [0.3, 0.4) is 0 Å². The zero-order valence-corrected chi connectivity index (χ0v) is 10.6. The number of carbonyl (C=O) groups is 1. The highest BCUT2D eigenvalue weighted by Gasteiger charge is 2.23. The largest absolute Gasteiger partial charge is 0.481 e. The fourth-order valence-electron chi connectivity index (χ4n) is 1.39. The van der Waals surface area contributed by atoms with E-state index in [9.17, 15) is 4.79 Å². The Morgan fingerprint density at radius 2 is 2.06 bits per heavy atom. The molecule has 94 valence electrons. The Morgan fingerprint density at radius 1 is 1.35 bits per heavy atom. The van der Waals surface area contributed by atoms with E-state index in [0.29, 0.717) is 11.7 Å². The van der Waals surface area contributed by atoms with Gasteiger partial charge in [-0.05, 0) is 12.0 Å². The minimum absolute atomic E-state index is 0.107. The van der Waals surface area contributed by atoms with Crippen LogP contribution in [-0.4, -0.2) is 31.2 Å². The van der Waals surface area contributed by atoms with Crippen molar-refractivity contribution in [3.63, 3.8) is 0 Å². The van der Waals surface area contributed by atoms with E-state index in [0.717, 1.165) is 0 Å². The van der Waals surface area contributed by atoms with E-state index < -0.39 is 6.04 Å². The smallest absolute Gasteiger partial charge is 0.328 e. The maximum Gasteiger partial charge on any atom is 0.328 e. The number of aromatic nitrogens is 1. The predicted octanol–water partition coefficient (Wildman–Crippen LogP) is 1.70. The van der Waals surface area contributed by atoms with Crippen molar-refractivity contribution >= 4 is 11.8 Å². The van der Waals surface area contributed by atoms with Crippen LogP contribution in [0.25, 0.3) is 0 Å². The van der Waals surface area contributed by atoms with E-state index in [1.165, 1.54) is 7.11 Å². The highest BCUT2D eigenvalue weighted by molar-refractivity contribution is 5.79. The molecular weight excluding hydrogens is 220 g/mol. The third-order valence-electron chi connectivity index (χ3n) is 2.36. The molecule has 5 nitrogen and oxygen atoms in total. The molecule has 1 rings (SSSR count). The summed E-state index contributed by atoms with van der Waals surface area (Å²) in [6.07, 6.45) is 0. The van der Waals surface area contributed by atoms with Gasteiger partial charge in [-0.15, -0.1) is 0 Å². The lowest BCUT2D eigenvalue weighted by molar-refractivity contribution is -0.142. The normalized spacial score (nSPS) is 12.1. The standard InChI is InChI=1S/C12H18N2O3/c1-8(2)11(12(15)17-4)14-9-6-5-7-10(13-9)16-3/h5-8,11H,1-4H3,(H,13,14). The summed E-state index contributed by atoms with van der Waals surface area (Å²) >= 11 is 0. The van der Waals surface area contributed by atoms with Gasteiger partial charge in [0, 0.05) is 6.07 Å². The zero-order valence-electron chi connectivity index (χ0n) is 10.6. The van der Waals surface area contributed by atoms with Crippen LogP contribution in [0.5, 0.6) is 5.88 Å². The molecule has 1 atom stereocenters. The van der Waals surface area contributed by atoms with Gasteiger partial charge in [-0.1, -0.05) is 19.9 Å². The Hall–Kier alpha value is -1.78. The number of hydrogen-bond acceptors (Lipinski definition) is 5. The van der Waals surface area contributed by atoms with Gasteiger partial charge >= 0.3 is 5.97 Å². The van der Waals surface area contributed by atoms with E-state index in [4.69, 9.17) is 9.47 Å². The van der Waals surface area contributed by atoms with Crippen LogP contribution < -0.4 is 10.1 Å². The van der Waals surface area contributed by atoms with E-state index in [1.807, 2.05) is 19.9 Å². The topological polar surface area (TPSA) is 60.5 Å². The monoisotopic (exact) mass is 238 g/mol. The average molecular weight is 238 g/mol. The number of esters is 1. The van der Waals surface area contributed by atoms with E-state index in [-0.39, 0.29) is 11.9 Å². The van der Waals surface area contributed by atoms with Crippen LogP contribution in [0.2, 0.25) is 0 Å². The number of carbonyl (C=O) groups excluding carboxylic acids is 1. The van der Waals surface area contributed by atoms with Crippen LogP contribution in [0.4, 0.5) is 5.82 Å². The van der Waals surface area contributed by atoms with Crippen molar-refractivity contribution in [3.05, 3.63) is 18.2 Å². The van der Waals surface area contributed by atoms with Gasteiger partial charge in [-0.25, -0.2) is 4.79 Å². The third kappa shape index (κ3) is 3.62. The number of anilines is 1. The molecule has 0 aliphatic rings. The summed E-state index contributed by atoms with van der Waals surface area (Å²) in [5.41, 5.74) is 0. The molecule has 0 saturated heterocycles. The molecule has 1 N–H and O–H groups in total. The molecule has 17 heavy (non-hydrogen) atoms. The van der Waals surface area contributed by atoms with Gasteiger partial charge in [0.2, 0.25) is 5.88 Å². The van der Waals surface area contributed by atoms with Crippen LogP contribution in [-0.2, 0) is 9.53 Å². The maximum atomic E-state index is 11.6. The first-order valence-electron chi connectivity index (χ1n) is 5.44. The maximum absolute atomic E-state index is 11.6. The second kappa shape index (κ2) is 6.08. The lowest BCUT2D eigenvalue weighted by atomic mass is 10.0. The lowest BCUT2D eigenvalue weighted by Crippen LogP contribution is -2.35. The fourth-order valence-corrected chi connectivity index (χ4v) is 1.39. The summed E-state index contributed by atoms with van der Waals surface area (Å²) in [5.74, 6) is 0.899. The molecule has 0 amide bonds. The number of nitrogens with zero attached hydrogens (tertiary/aromatic N) is 1. The van der Waals surface area contributed by atoms with Crippen molar-refractivity contribution in [3.8, 4) is 5.88 Å². The molecule has 0 aromatic carbocycles. The van der Waals surface area contributed by atoms with Crippen LogP contribution >= 0.6 is 0 Å². The van der Waals surface area contributed by atoms with Crippen LogP contribution in [0.1, 0.15) is 13.8 Å². The number of rotatable bonds is 5. The molecular formula is C12H18N2O3. The van der Waals surface area contributed by atoms with E-state index in [2.05, 4.69) is 10.3 Å². The van der Waals surface area contributed by atoms with Crippen molar-refractivity contribution in [2.75, 3.05) is 19.5 Å². The minimum Gasteiger partial charge on any atom is -0.481 e. The molecule has 0 saturated carbocycles. The Kier molecular flexibility index (Phi) is 4.75. The first kappa shape index (κ1) is 13.3. The van der Waals surface area contributed by atoms with Gasteiger partial charge < -0.3 is 14.8 Å². The molecule has 0 aliphatic carbocycles. The molecule has 0 fully saturated rings. The quantitative estimate of drug-likeness (QED) is 0.791. The van der Waals surface area contributed by atoms with Gasteiger partial charge in [0.15, 0.2) is 0 Å². The predicted molar refractivity (Wildman–Crippen MR) is 65.1 cm³/mol. The SMILES string of the molecule is COC(=O)C(Nc1cccc(OC)n1)C(C)C. The number of methoxy groups -OCH3 is 2. The van der Waals surface area contributed by atoms with E-state index in [1.54, 1.807) is 19.2 Å². The van der Waals surface area contributed by atoms with E-state index >= 15 is 0 Å². The first-order valence-corrected chi connectivity index (χ1v) is 5.44. The molecule has 0 bridgehead atoms. The number of nitrogens with one attached hydrogen (secondary N) is 1. The summed E-state index contributed by atoms with van der Waals surface area (Å²) in [7, 11) is 2.92. The molecule has 1 aromatic rings. The van der Waals surface area contributed by atoms with Crippen LogP contribution in [0, 0.1) is 5.92 Å². The third-order valence-corrected chi connectivity index (χ3v) is 2.36. The Balaban J connectivity index is 2.82. The highest BCUT2D eigenvalue weighted by atomic mass is 16.5. The van der Waals surface area contributed by atoms with Crippen molar-refractivity contribution < 1.29 is 14.3 Å². The summed E-state index contributed by atoms with van der Waals surface area (Å²) < 4.78 is 9.76. The number of hydrogen-bond donors (Lipinski definition) is 1. The summed E-state index contributed by atoms with van der Waals surface area (Å²) in [5, 5.41) is 3.04. The zero-order chi connectivity index (χ0) is 12.8. The number of ether oxygens (including phenoxy) is 2. The van der Waals surface area contributed by atoms with Gasteiger partial charge in [0.05, 0.1) is 14.2 Å². The van der Waals surface area contributed by atoms with Crippen molar-refractivity contribution in [1.29, 1.82) is 0 Å². The minimum atomic E-state index is -0.417. The van der Waals surface area contributed by atoms with Crippen LogP contribution in [0.15, 0.2) is 18.2 Å². The van der Waals surface area contributed by atoms with Gasteiger partial charge in [0.25, 0.3) is 0 Å². The van der Waals surface area contributed by atoms with Crippen molar-refractivity contribution in [2.24, 2.45) is 5.92 Å². The van der Waals surface area contributed by atoms with Gasteiger partial charge in [0.1, 0.15) is 11.9 Å². The van der Waals surface area contributed by atoms with Gasteiger partial charge in [-0.3, -0.25) is 0 Å².